The van der Waals surface area contributed by atoms with E-state index >= 15 is 0 Å². The summed E-state index contributed by atoms with van der Waals surface area (Å²) in [5, 5.41) is 0.415. The lowest BCUT2D eigenvalue weighted by atomic mass is 10.1. The van der Waals surface area contributed by atoms with Gasteiger partial charge in [0.05, 0.1) is 18.7 Å². The van der Waals surface area contributed by atoms with Crippen LogP contribution in [0.1, 0.15) is 25.3 Å². The maximum atomic E-state index is 12.5. The summed E-state index contributed by atoms with van der Waals surface area (Å²) in [5.74, 6) is 0.879. The van der Waals surface area contributed by atoms with Crippen LogP contribution in [-0.2, 0) is 9.53 Å². The van der Waals surface area contributed by atoms with Gasteiger partial charge in [-0.2, -0.15) is 13.2 Å². The fourth-order valence-corrected chi connectivity index (χ4v) is 3.50. The van der Waals surface area contributed by atoms with E-state index in [1.54, 1.807) is 23.1 Å². The minimum atomic E-state index is -4.29. The van der Waals surface area contributed by atoms with Crippen molar-refractivity contribution in [3.05, 3.63) is 28.8 Å². The number of benzene rings is 1. The van der Waals surface area contributed by atoms with Gasteiger partial charge < -0.3 is 19.1 Å². The average molecular weight is 479 g/mol. The van der Waals surface area contributed by atoms with Crippen molar-refractivity contribution in [2.45, 2.75) is 25.9 Å². The van der Waals surface area contributed by atoms with Crippen molar-refractivity contribution in [3.8, 4) is 11.5 Å². The number of nitrogens with zero attached hydrogens (tertiary/aromatic N) is 2. The highest BCUT2D eigenvalue weighted by molar-refractivity contribution is 6.32. The number of hydrogen-bond donors (Lipinski definition) is 0. The molecule has 10 heteroatoms. The molecule has 0 atom stereocenters. The van der Waals surface area contributed by atoms with Crippen molar-refractivity contribution >= 4 is 23.6 Å². The minimum absolute atomic E-state index is 0.0652. The molecule has 1 amide bonds. The number of ether oxygens (including phenoxy) is 3. The number of hydrogen-bond acceptors (Lipinski definition) is 5. The Bertz CT molecular complexity index is 766. The first-order valence-corrected chi connectivity index (χ1v) is 11.0. The third-order valence-corrected chi connectivity index (χ3v) is 5.11. The number of piperazine rings is 1. The van der Waals surface area contributed by atoms with Gasteiger partial charge in [-0.25, -0.2) is 0 Å². The average Bonchev–Trinajstić information content (AvgIpc) is 2.75. The Kier molecular flexibility index (Phi) is 10.6. The van der Waals surface area contributed by atoms with Crippen molar-refractivity contribution < 1.29 is 32.2 Å². The molecule has 0 aromatic heterocycles. The lowest BCUT2D eigenvalue weighted by Gasteiger charge is -2.34. The molecule has 1 aromatic carbocycles. The highest BCUT2D eigenvalue weighted by Crippen LogP contribution is 2.36. The molecule has 1 heterocycles. The van der Waals surface area contributed by atoms with Gasteiger partial charge in [0.15, 0.2) is 11.5 Å². The normalized spacial score (nSPS) is 15.4. The number of carbonyl (C=O) groups excluding carboxylic acids is 1. The van der Waals surface area contributed by atoms with Gasteiger partial charge in [0, 0.05) is 45.4 Å². The Labute approximate surface area is 191 Å². The van der Waals surface area contributed by atoms with Crippen LogP contribution in [0, 0.1) is 0 Å². The number of alkyl halides is 3. The zero-order valence-corrected chi connectivity index (χ0v) is 19.2. The molecular weight excluding hydrogens is 449 g/mol. The van der Waals surface area contributed by atoms with Crippen molar-refractivity contribution in [3.63, 3.8) is 0 Å². The van der Waals surface area contributed by atoms with Crippen LogP contribution in [0.2, 0.25) is 5.02 Å². The number of methoxy groups -OCH3 is 1. The Hall–Kier alpha value is -1.97. The number of halogens is 4. The summed E-state index contributed by atoms with van der Waals surface area (Å²) in [7, 11) is 1.53. The minimum Gasteiger partial charge on any atom is -0.493 e. The van der Waals surface area contributed by atoms with Crippen molar-refractivity contribution in [2.24, 2.45) is 0 Å². The maximum Gasteiger partial charge on any atom is 0.411 e. The van der Waals surface area contributed by atoms with Crippen molar-refractivity contribution in [2.75, 3.05) is 59.7 Å². The van der Waals surface area contributed by atoms with Crippen LogP contribution in [0.15, 0.2) is 18.2 Å². The molecule has 1 saturated heterocycles. The van der Waals surface area contributed by atoms with Gasteiger partial charge in [0.2, 0.25) is 5.91 Å². The molecule has 1 fully saturated rings. The topological polar surface area (TPSA) is 51.2 Å². The van der Waals surface area contributed by atoms with Gasteiger partial charge in [-0.3, -0.25) is 9.69 Å². The summed E-state index contributed by atoms with van der Waals surface area (Å²) >= 11 is 6.31. The maximum absolute atomic E-state index is 12.5. The summed E-state index contributed by atoms with van der Waals surface area (Å²) in [4.78, 5) is 16.4. The first kappa shape index (κ1) is 26.3. The van der Waals surface area contributed by atoms with Crippen molar-refractivity contribution in [1.82, 2.24) is 9.80 Å². The first-order chi connectivity index (χ1) is 15.2. The van der Waals surface area contributed by atoms with E-state index in [2.05, 4.69) is 9.64 Å². The van der Waals surface area contributed by atoms with Crippen LogP contribution in [0.25, 0.3) is 6.08 Å². The van der Waals surface area contributed by atoms with Gasteiger partial charge in [-0.05, 0) is 36.6 Å². The predicted octanol–water partition coefficient (Wildman–Crippen LogP) is 4.26. The van der Waals surface area contributed by atoms with Gasteiger partial charge in [0.25, 0.3) is 0 Å². The fourth-order valence-electron chi connectivity index (χ4n) is 3.22. The zero-order chi connectivity index (χ0) is 23.6. The standard InChI is InChI=1S/C22H30ClF3N2O4/c1-3-12-32-21-18(23)14-17(15-19(21)30-2)5-6-20(29)28-10-8-27(9-11-28)7-4-13-31-16-22(24,25)26/h5-6,14-15H,3-4,7-13,16H2,1-2H3/b6-5+. The molecule has 6 nitrogen and oxygen atoms in total. The smallest absolute Gasteiger partial charge is 0.411 e. The summed E-state index contributed by atoms with van der Waals surface area (Å²) in [6, 6.07) is 3.48. The lowest BCUT2D eigenvalue weighted by Crippen LogP contribution is -2.48. The van der Waals surface area contributed by atoms with Gasteiger partial charge in [-0.1, -0.05) is 18.5 Å². The molecule has 32 heavy (non-hydrogen) atoms. The van der Waals surface area contributed by atoms with E-state index in [9.17, 15) is 18.0 Å². The van der Waals surface area contributed by atoms with E-state index in [1.807, 2.05) is 6.92 Å². The number of carbonyl (C=O) groups is 1. The predicted molar refractivity (Wildman–Crippen MR) is 117 cm³/mol. The second-order valence-electron chi connectivity index (χ2n) is 7.40. The zero-order valence-electron chi connectivity index (χ0n) is 18.4. The molecular formula is C22H30ClF3N2O4. The fraction of sp³-hybridized carbons (Fsp3) is 0.591. The molecule has 0 saturated carbocycles. The van der Waals surface area contributed by atoms with E-state index in [1.165, 1.54) is 13.2 Å². The summed E-state index contributed by atoms with van der Waals surface area (Å²) in [5.41, 5.74) is 0.724. The van der Waals surface area contributed by atoms with Gasteiger partial charge in [-0.15, -0.1) is 0 Å². The van der Waals surface area contributed by atoms with Crippen molar-refractivity contribution in [1.29, 1.82) is 0 Å². The third-order valence-electron chi connectivity index (χ3n) is 4.83. The highest BCUT2D eigenvalue weighted by atomic mass is 35.5. The van der Waals surface area contributed by atoms with E-state index in [-0.39, 0.29) is 12.5 Å². The van der Waals surface area contributed by atoms with Crippen LogP contribution in [-0.4, -0.2) is 81.5 Å². The lowest BCUT2D eigenvalue weighted by molar-refractivity contribution is -0.174. The largest absolute Gasteiger partial charge is 0.493 e. The second-order valence-corrected chi connectivity index (χ2v) is 7.81. The van der Waals surface area contributed by atoms with E-state index < -0.39 is 12.8 Å². The van der Waals surface area contributed by atoms with Crippen LogP contribution >= 0.6 is 11.6 Å². The molecule has 0 unspecified atom stereocenters. The molecule has 0 spiro atoms. The third kappa shape index (κ3) is 8.88. The summed E-state index contributed by atoms with van der Waals surface area (Å²) in [6.45, 7) is 4.46. The molecule has 0 radical (unpaired) electrons. The number of rotatable bonds is 11. The van der Waals surface area contributed by atoms with Crippen LogP contribution in [0.3, 0.4) is 0 Å². The molecule has 2 rings (SSSR count). The van der Waals surface area contributed by atoms with Crippen LogP contribution in [0.4, 0.5) is 13.2 Å². The van der Waals surface area contributed by atoms with E-state index in [4.69, 9.17) is 21.1 Å². The Morgan fingerprint density at radius 2 is 1.91 bits per heavy atom. The molecule has 180 valence electrons. The van der Waals surface area contributed by atoms with E-state index in [0.29, 0.717) is 62.3 Å². The molecule has 0 aliphatic carbocycles. The van der Waals surface area contributed by atoms with Crippen LogP contribution < -0.4 is 9.47 Å². The molecule has 1 aliphatic heterocycles. The van der Waals surface area contributed by atoms with E-state index in [0.717, 1.165) is 12.0 Å². The molecule has 0 N–H and O–H groups in total. The monoisotopic (exact) mass is 478 g/mol. The first-order valence-electron chi connectivity index (χ1n) is 10.6. The van der Waals surface area contributed by atoms with Crippen LogP contribution in [0.5, 0.6) is 11.5 Å². The molecule has 0 bridgehead atoms. The SMILES string of the molecule is CCCOc1c(Cl)cc(/C=C/C(=O)N2CCN(CCCOCC(F)(F)F)CC2)cc1OC. The Morgan fingerprint density at radius 1 is 1.19 bits per heavy atom. The molecule has 1 aromatic rings. The Balaban J connectivity index is 1.80. The second kappa shape index (κ2) is 12.9. The summed E-state index contributed by atoms with van der Waals surface area (Å²) in [6.07, 6.45) is 0.253. The molecule has 1 aliphatic rings. The summed E-state index contributed by atoms with van der Waals surface area (Å²) < 4.78 is 51.8. The van der Waals surface area contributed by atoms with Gasteiger partial charge in [0.1, 0.15) is 6.61 Å². The number of amides is 1. The Morgan fingerprint density at radius 3 is 2.53 bits per heavy atom. The van der Waals surface area contributed by atoms with Gasteiger partial charge >= 0.3 is 6.18 Å². The quantitative estimate of drug-likeness (QED) is 0.351. The highest BCUT2D eigenvalue weighted by Gasteiger charge is 2.27.